The first-order chi connectivity index (χ1) is 12.2. The molecule has 2 rings (SSSR count). The predicted molar refractivity (Wildman–Crippen MR) is 104 cm³/mol. The van der Waals surface area contributed by atoms with Crippen LogP contribution in [0, 0.1) is 5.92 Å². The van der Waals surface area contributed by atoms with Crippen molar-refractivity contribution < 1.29 is 24.3 Å². The molecule has 0 unspecified atom stereocenters. The third-order valence-corrected chi connectivity index (χ3v) is 5.63. The lowest BCUT2D eigenvalue weighted by Crippen LogP contribution is -2.40. The molecule has 6 heteroatoms. The molecule has 1 heterocycles. The lowest BCUT2D eigenvalue weighted by molar-refractivity contribution is -0.518. The highest BCUT2D eigenvalue weighted by Crippen LogP contribution is 2.38. The lowest BCUT2D eigenvalue weighted by Gasteiger charge is -2.36. The van der Waals surface area contributed by atoms with E-state index in [0.29, 0.717) is 38.4 Å². The van der Waals surface area contributed by atoms with Crippen molar-refractivity contribution >= 4 is 26.4 Å². The molecular formula is C19H33IO5. The minimum atomic E-state index is -0.804. The van der Waals surface area contributed by atoms with Crippen molar-refractivity contribution in [3.63, 3.8) is 0 Å². The van der Waals surface area contributed by atoms with Crippen LogP contribution >= 0.6 is 22.6 Å². The molecule has 1 aliphatic heterocycles. The van der Waals surface area contributed by atoms with E-state index in [0.717, 1.165) is 25.7 Å². The van der Waals surface area contributed by atoms with Gasteiger partial charge in [0.25, 0.3) is 0 Å². The van der Waals surface area contributed by atoms with E-state index < -0.39 is 5.79 Å². The monoisotopic (exact) mass is 468 g/mol. The maximum absolute atomic E-state index is 11.3. The summed E-state index contributed by atoms with van der Waals surface area (Å²) in [7, 11) is 0. The van der Waals surface area contributed by atoms with E-state index in [1.54, 1.807) is 0 Å². The number of carbonyl (C=O) groups is 1. The molecule has 5 nitrogen and oxygen atoms in total. The zero-order valence-electron chi connectivity index (χ0n) is 15.3. The molecule has 1 saturated carbocycles. The average molecular weight is 468 g/mol. The summed E-state index contributed by atoms with van der Waals surface area (Å²) in [6.45, 7) is 1.20. The van der Waals surface area contributed by atoms with E-state index in [4.69, 9.17) is 19.6 Å². The van der Waals surface area contributed by atoms with Crippen LogP contribution in [0.4, 0.5) is 0 Å². The van der Waals surface area contributed by atoms with Crippen molar-refractivity contribution in [2.75, 3.05) is 13.2 Å². The van der Waals surface area contributed by atoms with E-state index in [-0.39, 0.29) is 3.79 Å². The third-order valence-electron chi connectivity index (χ3n) is 5.19. The Labute approximate surface area is 165 Å². The van der Waals surface area contributed by atoms with Gasteiger partial charge in [-0.05, 0) is 54.2 Å². The number of rotatable bonds is 2. The molecule has 2 aliphatic rings. The van der Waals surface area contributed by atoms with Gasteiger partial charge in [0.1, 0.15) is 0 Å². The summed E-state index contributed by atoms with van der Waals surface area (Å²) in [5.41, 5.74) is 0. The van der Waals surface area contributed by atoms with Gasteiger partial charge in [-0.1, -0.05) is 44.9 Å². The maximum atomic E-state index is 11.3. The van der Waals surface area contributed by atoms with Gasteiger partial charge in [-0.2, -0.15) is 9.78 Å². The maximum Gasteiger partial charge on any atom is 0.234 e. The number of carbonyl (C=O) groups excluding carboxylic acids is 1. The molecule has 146 valence electrons. The number of hydrogen-bond donors (Lipinski definition) is 0. The van der Waals surface area contributed by atoms with Gasteiger partial charge < -0.3 is 0 Å². The molecule has 1 saturated heterocycles. The van der Waals surface area contributed by atoms with E-state index in [2.05, 4.69) is 0 Å². The molecule has 0 atom stereocenters. The summed E-state index contributed by atoms with van der Waals surface area (Å²) in [6.07, 6.45) is 14.8. The Hall–Kier alpha value is 0.240. The summed E-state index contributed by atoms with van der Waals surface area (Å²) in [6, 6.07) is 0. The SMILES string of the molecule is O=C(I)CC1CCC2(CC1)OOCCCCCCCCCCCOO2. The second kappa shape index (κ2) is 12.6. The second-order valence-corrected chi connectivity index (χ2v) is 8.61. The Balaban J connectivity index is 1.80. The standard InChI is InChI=1S/C19H33IO5/c20-18(21)16-17-10-12-19(13-11-17)24-22-14-8-6-4-2-1-3-5-7-9-15-23-25-19/h17H,1-16H2. The van der Waals surface area contributed by atoms with Crippen LogP contribution in [0.15, 0.2) is 0 Å². The van der Waals surface area contributed by atoms with Gasteiger partial charge in [0.05, 0.1) is 13.2 Å². The summed E-state index contributed by atoms with van der Waals surface area (Å²) in [5.74, 6) is -0.385. The first-order valence-electron chi connectivity index (χ1n) is 10.00. The Bertz CT molecular complexity index is 351. The fourth-order valence-electron chi connectivity index (χ4n) is 3.59. The van der Waals surface area contributed by atoms with Crippen molar-refractivity contribution in [1.29, 1.82) is 0 Å². The first kappa shape index (κ1) is 21.5. The molecule has 0 aromatic carbocycles. The van der Waals surface area contributed by atoms with Crippen LogP contribution in [0.1, 0.15) is 89.9 Å². The topological polar surface area (TPSA) is 54.0 Å². The fourth-order valence-corrected chi connectivity index (χ4v) is 4.21. The quantitative estimate of drug-likeness (QED) is 0.298. The van der Waals surface area contributed by atoms with Crippen molar-refractivity contribution in [3.05, 3.63) is 0 Å². The highest BCUT2D eigenvalue weighted by atomic mass is 127. The average Bonchev–Trinajstić information content (AvgIpc) is 2.59. The van der Waals surface area contributed by atoms with Gasteiger partial charge in [-0.3, -0.25) is 4.79 Å². The zero-order valence-corrected chi connectivity index (χ0v) is 17.5. The Morgan fingerprint density at radius 1 is 0.800 bits per heavy atom. The largest absolute Gasteiger partial charge is 0.288 e. The van der Waals surface area contributed by atoms with Gasteiger partial charge in [0, 0.05) is 19.3 Å². The normalized spacial score (nSPS) is 25.6. The molecule has 0 aromatic rings. The van der Waals surface area contributed by atoms with Crippen LogP contribution in [-0.2, 0) is 24.3 Å². The van der Waals surface area contributed by atoms with Crippen LogP contribution in [0.5, 0.6) is 0 Å². The van der Waals surface area contributed by atoms with Gasteiger partial charge in [-0.25, -0.2) is 9.78 Å². The van der Waals surface area contributed by atoms with Gasteiger partial charge >= 0.3 is 0 Å². The van der Waals surface area contributed by atoms with E-state index in [1.807, 2.05) is 22.6 Å². The minimum Gasteiger partial charge on any atom is -0.288 e. The summed E-state index contributed by atoms with van der Waals surface area (Å²) < 4.78 is 0.228. The van der Waals surface area contributed by atoms with Crippen LogP contribution in [0.25, 0.3) is 0 Å². The zero-order chi connectivity index (χ0) is 17.8. The number of halogens is 1. The van der Waals surface area contributed by atoms with Gasteiger partial charge in [0.2, 0.25) is 5.79 Å². The smallest absolute Gasteiger partial charge is 0.234 e. The summed E-state index contributed by atoms with van der Waals surface area (Å²) in [5, 5.41) is 0. The van der Waals surface area contributed by atoms with Crippen LogP contribution in [0.3, 0.4) is 0 Å². The van der Waals surface area contributed by atoms with Crippen LogP contribution in [-0.4, -0.2) is 22.8 Å². The summed E-state index contributed by atoms with van der Waals surface area (Å²) >= 11 is 1.88. The molecule has 25 heavy (non-hydrogen) atoms. The van der Waals surface area contributed by atoms with Crippen molar-refractivity contribution in [2.24, 2.45) is 5.92 Å². The van der Waals surface area contributed by atoms with Crippen molar-refractivity contribution in [3.8, 4) is 0 Å². The molecule has 1 aliphatic carbocycles. The molecule has 0 amide bonds. The summed E-state index contributed by atoms with van der Waals surface area (Å²) in [4.78, 5) is 33.6. The lowest BCUT2D eigenvalue weighted by atomic mass is 9.84. The first-order valence-corrected chi connectivity index (χ1v) is 11.1. The van der Waals surface area contributed by atoms with E-state index in [1.165, 1.54) is 44.9 Å². The minimum absolute atomic E-state index is 0.228. The van der Waals surface area contributed by atoms with Gasteiger partial charge in [-0.15, -0.1) is 0 Å². The molecule has 0 aromatic heterocycles. The van der Waals surface area contributed by atoms with Crippen molar-refractivity contribution in [1.82, 2.24) is 0 Å². The fraction of sp³-hybridized carbons (Fsp3) is 0.947. The Morgan fingerprint density at radius 3 is 1.68 bits per heavy atom. The Kier molecular flexibility index (Phi) is 10.9. The molecule has 2 fully saturated rings. The third kappa shape index (κ3) is 9.13. The Morgan fingerprint density at radius 2 is 1.24 bits per heavy atom. The van der Waals surface area contributed by atoms with Crippen LogP contribution in [0.2, 0.25) is 0 Å². The molecule has 1 spiro atoms. The highest BCUT2D eigenvalue weighted by molar-refractivity contribution is 14.1. The molecule has 0 N–H and O–H groups in total. The van der Waals surface area contributed by atoms with Crippen molar-refractivity contribution in [2.45, 2.75) is 95.7 Å². The second-order valence-electron chi connectivity index (χ2n) is 7.41. The highest BCUT2D eigenvalue weighted by Gasteiger charge is 2.40. The molecule has 0 radical (unpaired) electrons. The molecular weight excluding hydrogens is 435 g/mol. The van der Waals surface area contributed by atoms with Crippen LogP contribution < -0.4 is 0 Å². The molecule has 0 bridgehead atoms. The predicted octanol–water partition coefficient (Wildman–Crippen LogP) is 5.65. The number of hydrogen-bond acceptors (Lipinski definition) is 5. The van der Waals surface area contributed by atoms with E-state index >= 15 is 0 Å². The van der Waals surface area contributed by atoms with E-state index in [9.17, 15) is 4.79 Å². The van der Waals surface area contributed by atoms with Gasteiger partial charge in [0.15, 0.2) is 3.79 Å².